The molecule has 0 aliphatic carbocycles. The van der Waals surface area contributed by atoms with Crippen LogP contribution in [0.3, 0.4) is 0 Å². The zero-order chi connectivity index (χ0) is 14.4. The van der Waals surface area contributed by atoms with Gasteiger partial charge < -0.3 is 9.47 Å². The van der Waals surface area contributed by atoms with Crippen molar-refractivity contribution in [2.75, 3.05) is 14.1 Å². The largest absolute Gasteiger partial charge is 0.342 e. The van der Waals surface area contributed by atoms with Crippen molar-refractivity contribution in [2.45, 2.75) is 32.7 Å². The zero-order valence-electron chi connectivity index (χ0n) is 12.9. The van der Waals surface area contributed by atoms with E-state index < -0.39 is 17.2 Å². The molecule has 19 heavy (non-hydrogen) atoms. The van der Waals surface area contributed by atoms with Crippen molar-refractivity contribution >= 4 is 29.9 Å². The first-order valence-electron chi connectivity index (χ1n) is 6.61. The van der Waals surface area contributed by atoms with Crippen LogP contribution in [0, 0.1) is 0 Å². The average molecular weight is 297 g/mol. The van der Waals surface area contributed by atoms with Gasteiger partial charge in [0.15, 0.2) is 28.8 Å². The Morgan fingerprint density at radius 1 is 1.00 bits per heavy atom. The summed E-state index contributed by atoms with van der Waals surface area (Å²) in [6.45, 7) is 11.5. The fourth-order valence-electron chi connectivity index (χ4n) is 2.18. The second-order valence-corrected chi connectivity index (χ2v) is 13.7. The van der Waals surface area contributed by atoms with Crippen LogP contribution in [0.5, 0.6) is 0 Å². The minimum atomic E-state index is -1.50. The molecule has 0 fully saturated rings. The van der Waals surface area contributed by atoms with Gasteiger partial charge in [0.05, 0.1) is 0 Å². The molecule has 8 heteroatoms. The SMILES string of the molecule is CN1C=NN([SiH](C)C)/C1=C1\N(C)N=CN1[Si](C)(C)C. The summed E-state index contributed by atoms with van der Waals surface area (Å²) in [7, 11) is 1.52. The Bertz CT molecular complexity index is 451. The fourth-order valence-corrected chi connectivity index (χ4v) is 4.57. The van der Waals surface area contributed by atoms with Gasteiger partial charge in [-0.15, -0.1) is 0 Å². The van der Waals surface area contributed by atoms with Gasteiger partial charge >= 0.3 is 0 Å². The van der Waals surface area contributed by atoms with Crippen LogP contribution in [0.2, 0.25) is 32.7 Å². The first-order valence-corrected chi connectivity index (χ1v) is 12.9. The van der Waals surface area contributed by atoms with E-state index in [1.807, 2.05) is 24.7 Å². The highest BCUT2D eigenvalue weighted by Crippen LogP contribution is 2.30. The molecule has 0 amide bonds. The van der Waals surface area contributed by atoms with Crippen LogP contribution in [-0.4, -0.2) is 63.1 Å². The molecule has 2 heterocycles. The quantitative estimate of drug-likeness (QED) is 0.720. The van der Waals surface area contributed by atoms with Crippen LogP contribution in [-0.2, 0) is 0 Å². The van der Waals surface area contributed by atoms with Gasteiger partial charge in [0.25, 0.3) is 0 Å². The molecule has 0 bridgehead atoms. The molecule has 0 saturated carbocycles. The molecule has 6 nitrogen and oxygen atoms in total. The van der Waals surface area contributed by atoms with E-state index in [-0.39, 0.29) is 0 Å². The van der Waals surface area contributed by atoms with Crippen molar-refractivity contribution in [2.24, 2.45) is 10.2 Å². The maximum atomic E-state index is 4.54. The van der Waals surface area contributed by atoms with E-state index in [1.54, 1.807) is 0 Å². The van der Waals surface area contributed by atoms with Crippen LogP contribution < -0.4 is 0 Å². The summed E-state index contributed by atoms with van der Waals surface area (Å²) in [5.41, 5.74) is 0. The fraction of sp³-hybridized carbons (Fsp3) is 0.636. The maximum absolute atomic E-state index is 4.54. The highest BCUT2D eigenvalue weighted by Gasteiger charge is 2.37. The normalized spacial score (nSPS) is 23.6. The number of hydrogen-bond donors (Lipinski definition) is 0. The average Bonchev–Trinajstić information content (AvgIpc) is 2.80. The molecule has 2 rings (SSSR count). The number of hydrogen-bond acceptors (Lipinski definition) is 6. The van der Waals surface area contributed by atoms with Gasteiger partial charge in [0, 0.05) is 14.1 Å². The van der Waals surface area contributed by atoms with E-state index in [0.717, 1.165) is 11.6 Å². The minimum Gasteiger partial charge on any atom is -0.342 e. The van der Waals surface area contributed by atoms with E-state index in [0.29, 0.717) is 0 Å². The van der Waals surface area contributed by atoms with Crippen LogP contribution in [0.15, 0.2) is 21.8 Å². The van der Waals surface area contributed by atoms with Gasteiger partial charge in [-0.2, -0.15) is 10.2 Å². The van der Waals surface area contributed by atoms with Gasteiger partial charge in [-0.05, 0) is 0 Å². The summed E-state index contributed by atoms with van der Waals surface area (Å²) < 4.78 is 4.53. The highest BCUT2D eigenvalue weighted by atomic mass is 28.3. The predicted molar refractivity (Wildman–Crippen MR) is 85.4 cm³/mol. The van der Waals surface area contributed by atoms with Gasteiger partial charge in [-0.25, -0.2) is 5.01 Å². The molecule has 0 saturated heterocycles. The predicted octanol–water partition coefficient (Wildman–Crippen LogP) is 1.31. The molecular weight excluding hydrogens is 272 g/mol. The molecular formula is C11H24N6Si2. The van der Waals surface area contributed by atoms with Gasteiger partial charge in [0.2, 0.25) is 0 Å². The first kappa shape index (κ1) is 14.1. The second-order valence-electron chi connectivity index (χ2n) is 6.22. The number of hydrazone groups is 2. The Morgan fingerprint density at radius 2 is 1.63 bits per heavy atom. The molecule has 0 radical (unpaired) electrons. The van der Waals surface area contributed by atoms with E-state index in [4.69, 9.17) is 0 Å². The van der Waals surface area contributed by atoms with Crippen LogP contribution in [0.1, 0.15) is 0 Å². The summed E-state index contributed by atoms with van der Waals surface area (Å²) >= 11 is 0. The molecule has 0 N–H and O–H groups in total. The summed E-state index contributed by atoms with van der Waals surface area (Å²) in [5, 5.41) is 11.0. The summed E-state index contributed by atoms with van der Waals surface area (Å²) in [6.07, 6.45) is 3.85. The Balaban J connectivity index is 2.49. The van der Waals surface area contributed by atoms with Crippen molar-refractivity contribution in [3.05, 3.63) is 11.6 Å². The lowest BCUT2D eigenvalue weighted by Gasteiger charge is -2.35. The molecule has 0 spiro atoms. The molecule has 106 valence electrons. The van der Waals surface area contributed by atoms with Gasteiger partial charge in [-0.1, -0.05) is 32.7 Å². The minimum absolute atomic E-state index is 1.04. The lowest BCUT2D eigenvalue weighted by molar-refractivity contribution is 0.362. The van der Waals surface area contributed by atoms with Crippen molar-refractivity contribution in [1.29, 1.82) is 0 Å². The third kappa shape index (κ3) is 2.41. The van der Waals surface area contributed by atoms with Crippen molar-refractivity contribution < 1.29 is 0 Å². The molecule has 0 aromatic heterocycles. The first-order chi connectivity index (χ1) is 8.73. The summed E-state index contributed by atoms with van der Waals surface area (Å²) in [6, 6.07) is 0. The van der Waals surface area contributed by atoms with Crippen LogP contribution >= 0.6 is 0 Å². The Hall–Kier alpha value is -1.29. The number of nitrogens with zero attached hydrogens (tertiary/aromatic N) is 6. The van der Waals surface area contributed by atoms with E-state index in [1.165, 1.54) is 0 Å². The molecule has 2 aliphatic heterocycles. The van der Waals surface area contributed by atoms with Gasteiger partial charge in [0.1, 0.15) is 12.7 Å². The lowest BCUT2D eigenvalue weighted by atomic mass is 10.5. The van der Waals surface area contributed by atoms with Crippen LogP contribution in [0.4, 0.5) is 0 Å². The van der Waals surface area contributed by atoms with Crippen molar-refractivity contribution in [1.82, 2.24) is 19.1 Å². The summed E-state index contributed by atoms with van der Waals surface area (Å²) in [4.78, 5) is 2.10. The Labute approximate surface area is 118 Å². The zero-order valence-corrected chi connectivity index (χ0v) is 15.1. The third-order valence-corrected chi connectivity index (χ3v) is 6.32. The molecule has 0 unspecified atom stereocenters. The second kappa shape index (κ2) is 4.67. The highest BCUT2D eigenvalue weighted by molar-refractivity contribution is 6.75. The lowest BCUT2D eigenvalue weighted by Crippen LogP contribution is -2.47. The molecule has 0 atom stereocenters. The Morgan fingerprint density at radius 3 is 2.16 bits per heavy atom. The standard InChI is InChI=1S/C11H24N6Si2/c1-14-8-13-17(18(3)4)10(14)11-15(2)12-9-16(11)19(5,6)7/h8-9,18H,1-7H3/b11-10+. The topological polar surface area (TPSA) is 37.7 Å². The molecule has 2 aliphatic rings. The Kier molecular flexibility index (Phi) is 3.48. The van der Waals surface area contributed by atoms with E-state index in [2.05, 4.69) is 64.1 Å². The maximum Gasteiger partial charge on any atom is 0.166 e. The van der Waals surface area contributed by atoms with Gasteiger partial charge in [-0.3, -0.25) is 4.67 Å². The third-order valence-electron chi connectivity index (χ3n) is 3.19. The van der Waals surface area contributed by atoms with E-state index in [9.17, 15) is 0 Å². The molecule has 0 aromatic carbocycles. The molecule has 0 aromatic rings. The van der Waals surface area contributed by atoms with Crippen molar-refractivity contribution in [3.8, 4) is 0 Å². The number of rotatable bonds is 2. The van der Waals surface area contributed by atoms with E-state index >= 15 is 0 Å². The van der Waals surface area contributed by atoms with Crippen LogP contribution in [0.25, 0.3) is 0 Å². The summed E-state index contributed by atoms with van der Waals surface area (Å²) in [5.74, 6) is 2.31. The smallest absolute Gasteiger partial charge is 0.166 e. The monoisotopic (exact) mass is 296 g/mol. The van der Waals surface area contributed by atoms with Crippen molar-refractivity contribution in [3.63, 3.8) is 0 Å².